The summed E-state index contributed by atoms with van der Waals surface area (Å²) in [4.78, 5) is 11.0. The molecule has 2 heterocycles. The monoisotopic (exact) mass is 127 g/mol. The van der Waals surface area contributed by atoms with Crippen LogP contribution in [0.25, 0.3) is 0 Å². The minimum atomic E-state index is -0.236. The smallest absolute Gasteiger partial charge is 0.158 e. The van der Waals surface area contributed by atoms with Gasteiger partial charge in [0.15, 0.2) is 5.78 Å². The lowest BCUT2D eigenvalue weighted by Gasteiger charge is -2.36. The minimum absolute atomic E-state index is 0.236. The number of Topliss-reactive ketones (excluding diaryl/α,β-unsaturated/α-hetero) is 1. The molecule has 2 aliphatic heterocycles. The van der Waals surface area contributed by atoms with Crippen molar-refractivity contribution >= 4 is 5.78 Å². The van der Waals surface area contributed by atoms with E-state index in [2.05, 4.69) is 5.32 Å². The summed E-state index contributed by atoms with van der Waals surface area (Å²) in [6, 6.07) is 0. The Morgan fingerprint density at radius 2 is 2.33 bits per heavy atom. The van der Waals surface area contributed by atoms with E-state index in [1.54, 1.807) is 0 Å². The third-order valence-corrected chi connectivity index (χ3v) is 2.05. The van der Waals surface area contributed by atoms with Crippen molar-refractivity contribution in [2.75, 3.05) is 19.8 Å². The average molecular weight is 127 g/mol. The number of carbonyl (C=O) groups is 1. The van der Waals surface area contributed by atoms with Crippen LogP contribution in [-0.4, -0.2) is 31.1 Å². The second kappa shape index (κ2) is 1.55. The van der Waals surface area contributed by atoms with E-state index in [1.807, 2.05) is 0 Å². The van der Waals surface area contributed by atoms with Gasteiger partial charge in [0.1, 0.15) is 5.54 Å². The molecule has 0 unspecified atom stereocenters. The highest BCUT2D eigenvalue weighted by Gasteiger charge is 2.47. The first-order valence-electron chi connectivity index (χ1n) is 3.20. The third kappa shape index (κ3) is 0.559. The van der Waals surface area contributed by atoms with Gasteiger partial charge in [-0.2, -0.15) is 0 Å². The fourth-order valence-electron chi connectivity index (χ4n) is 1.32. The van der Waals surface area contributed by atoms with Gasteiger partial charge in [-0.05, 0) is 0 Å². The number of carbonyl (C=O) groups excluding carboxylic acids is 1. The summed E-state index contributed by atoms with van der Waals surface area (Å²) in [5.41, 5.74) is -0.236. The van der Waals surface area contributed by atoms with E-state index in [0.29, 0.717) is 25.4 Å². The summed E-state index contributed by atoms with van der Waals surface area (Å²) >= 11 is 0. The number of hydrogen-bond acceptors (Lipinski definition) is 3. The van der Waals surface area contributed by atoms with Crippen LogP contribution in [-0.2, 0) is 9.53 Å². The molecule has 0 aromatic carbocycles. The van der Waals surface area contributed by atoms with Crippen LogP contribution in [0.4, 0.5) is 0 Å². The molecule has 3 heteroatoms. The van der Waals surface area contributed by atoms with Crippen molar-refractivity contribution in [3.63, 3.8) is 0 Å². The number of ether oxygens (including phenoxy) is 1. The largest absolute Gasteiger partial charge is 0.376 e. The van der Waals surface area contributed by atoms with Gasteiger partial charge >= 0.3 is 0 Å². The predicted octanol–water partition coefficient (Wildman–Crippen LogP) is -0.682. The number of nitrogens with one attached hydrogen (secondary N) is 1. The maximum Gasteiger partial charge on any atom is 0.158 e. The van der Waals surface area contributed by atoms with Crippen LogP contribution < -0.4 is 5.32 Å². The van der Waals surface area contributed by atoms with Crippen LogP contribution >= 0.6 is 0 Å². The lowest BCUT2D eigenvalue weighted by molar-refractivity contribution is -0.139. The van der Waals surface area contributed by atoms with E-state index in [0.717, 1.165) is 6.54 Å². The van der Waals surface area contributed by atoms with Crippen LogP contribution in [0.1, 0.15) is 6.42 Å². The van der Waals surface area contributed by atoms with Crippen LogP contribution in [0, 0.1) is 0 Å². The zero-order valence-electron chi connectivity index (χ0n) is 5.14. The van der Waals surface area contributed by atoms with Gasteiger partial charge in [0, 0.05) is 13.0 Å². The van der Waals surface area contributed by atoms with Gasteiger partial charge in [-0.3, -0.25) is 4.79 Å². The van der Waals surface area contributed by atoms with Crippen LogP contribution in [0.2, 0.25) is 0 Å². The first-order valence-corrected chi connectivity index (χ1v) is 3.20. The Labute approximate surface area is 53.4 Å². The molecule has 0 atom stereocenters. The quantitative estimate of drug-likeness (QED) is 0.468. The van der Waals surface area contributed by atoms with Crippen molar-refractivity contribution < 1.29 is 9.53 Å². The number of rotatable bonds is 0. The Hall–Kier alpha value is -0.410. The predicted molar refractivity (Wildman–Crippen MR) is 31.2 cm³/mol. The molecule has 2 rings (SSSR count). The Morgan fingerprint density at radius 3 is 2.56 bits per heavy atom. The second-order valence-electron chi connectivity index (χ2n) is 2.67. The zero-order chi connectivity index (χ0) is 6.32. The van der Waals surface area contributed by atoms with Crippen molar-refractivity contribution in [1.82, 2.24) is 5.32 Å². The fourth-order valence-corrected chi connectivity index (χ4v) is 1.32. The SMILES string of the molecule is O=C1CCNC12COC2. The molecular formula is C6H9NO2. The summed E-state index contributed by atoms with van der Waals surface area (Å²) in [6.45, 7) is 2.01. The molecule has 2 aliphatic rings. The van der Waals surface area contributed by atoms with Crippen molar-refractivity contribution in [1.29, 1.82) is 0 Å². The van der Waals surface area contributed by atoms with Gasteiger partial charge in [-0.1, -0.05) is 0 Å². The molecule has 0 aromatic rings. The average Bonchev–Trinajstić information content (AvgIpc) is 2.07. The molecule has 0 aliphatic carbocycles. The topological polar surface area (TPSA) is 38.3 Å². The van der Waals surface area contributed by atoms with Crippen molar-refractivity contribution in [2.45, 2.75) is 12.0 Å². The van der Waals surface area contributed by atoms with Crippen LogP contribution in [0.15, 0.2) is 0 Å². The standard InChI is InChI=1S/C6H9NO2/c8-5-1-2-7-6(5)3-9-4-6/h7H,1-4H2. The van der Waals surface area contributed by atoms with Crippen molar-refractivity contribution in [3.05, 3.63) is 0 Å². The van der Waals surface area contributed by atoms with Gasteiger partial charge in [0.05, 0.1) is 13.2 Å². The molecule has 2 fully saturated rings. The summed E-state index contributed by atoms with van der Waals surface area (Å²) < 4.78 is 4.95. The summed E-state index contributed by atoms with van der Waals surface area (Å²) in [5.74, 6) is 0.328. The lowest BCUT2D eigenvalue weighted by atomic mass is 9.94. The van der Waals surface area contributed by atoms with Gasteiger partial charge in [0.2, 0.25) is 0 Å². The Bertz CT molecular complexity index is 151. The van der Waals surface area contributed by atoms with E-state index in [-0.39, 0.29) is 5.54 Å². The first-order chi connectivity index (χ1) is 4.33. The summed E-state index contributed by atoms with van der Waals surface area (Å²) in [6.07, 6.45) is 0.684. The molecule has 50 valence electrons. The number of hydrogen-bond donors (Lipinski definition) is 1. The Kier molecular flexibility index (Phi) is 0.926. The highest BCUT2D eigenvalue weighted by Crippen LogP contribution is 2.23. The Balaban J connectivity index is 2.17. The molecule has 0 amide bonds. The number of ketones is 1. The normalized spacial score (nSPS) is 30.9. The molecule has 1 spiro atoms. The summed E-state index contributed by atoms with van der Waals surface area (Å²) in [7, 11) is 0. The Morgan fingerprint density at radius 1 is 1.56 bits per heavy atom. The highest BCUT2D eigenvalue weighted by molar-refractivity contribution is 5.91. The van der Waals surface area contributed by atoms with E-state index < -0.39 is 0 Å². The minimum Gasteiger partial charge on any atom is -0.376 e. The molecule has 1 N–H and O–H groups in total. The van der Waals surface area contributed by atoms with E-state index in [1.165, 1.54) is 0 Å². The molecule has 0 saturated carbocycles. The maximum absolute atomic E-state index is 11.0. The van der Waals surface area contributed by atoms with Crippen LogP contribution in [0.3, 0.4) is 0 Å². The lowest BCUT2D eigenvalue weighted by Crippen LogP contribution is -2.61. The van der Waals surface area contributed by atoms with Gasteiger partial charge < -0.3 is 10.1 Å². The second-order valence-corrected chi connectivity index (χ2v) is 2.67. The highest BCUT2D eigenvalue weighted by atomic mass is 16.5. The fraction of sp³-hybridized carbons (Fsp3) is 0.833. The maximum atomic E-state index is 11.0. The van der Waals surface area contributed by atoms with E-state index >= 15 is 0 Å². The molecule has 9 heavy (non-hydrogen) atoms. The molecule has 0 radical (unpaired) electrons. The molecule has 2 saturated heterocycles. The summed E-state index contributed by atoms with van der Waals surface area (Å²) in [5, 5.41) is 3.14. The van der Waals surface area contributed by atoms with Gasteiger partial charge in [-0.15, -0.1) is 0 Å². The zero-order valence-corrected chi connectivity index (χ0v) is 5.14. The molecular weight excluding hydrogens is 118 g/mol. The van der Waals surface area contributed by atoms with E-state index in [9.17, 15) is 4.79 Å². The first kappa shape index (κ1) is 5.38. The third-order valence-electron chi connectivity index (χ3n) is 2.05. The van der Waals surface area contributed by atoms with Gasteiger partial charge in [0.25, 0.3) is 0 Å². The van der Waals surface area contributed by atoms with E-state index in [4.69, 9.17) is 4.74 Å². The van der Waals surface area contributed by atoms with Crippen molar-refractivity contribution in [3.8, 4) is 0 Å². The van der Waals surface area contributed by atoms with Gasteiger partial charge in [-0.25, -0.2) is 0 Å². The van der Waals surface area contributed by atoms with Crippen LogP contribution in [0.5, 0.6) is 0 Å². The van der Waals surface area contributed by atoms with Crippen molar-refractivity contribution in [2.24, 2.45) is 0 Å². The molecule has 0 aromatic heterocycles. The molecule has 0 bridgehead atoms. The molecule has 3 nitrogen and oxygen atoms in total.